The standard InChI is InChI=1S/C12H17NO2/c1-12(2,3)15-13(4)11(14)10-8-6-5-7-9-10/h5-9H,1-4H3. The van der Waals surface area contributed by atoms with Gasteiger partial charge in [-0.15, -0.1) is 0 Å². The van der Waals surface area contributed by atoms with Crippen molar-refractivity contribution in [2.24, 2.45) is 0 Å². The Morgan fingerprint density at radius 2 is 1.73 bits per heavy atom. The highest BCUT2D eigenvalue weighted by molar-refractivity contribution is 5.93. The molecule has 1 rings (SSSR count). The van der Waals surface area contributed by atoms with E-state index >= 15 is 0 Å². The molecule has 0 fully saturated rings. The number of hydrogen-bond acceptors (Lipinski definition) is 2. The largest absolute Gasteiger partial charge is 0.277 e. The van der Waals surface area contributed by atoms with Crippen LogP contribution in [0.4, 0.5) is 0 Å². The molecular weight excluding hydrogens is 190 g/mol. The average Bonchev–Trinajstić information content (AvgIpc) is 2.15. The van der Waals surface area contributed by atoms with E-state index in [1.165, 1.54) is 5.06 Å². The Kier molecular flexibility index (Phi) is 3.48. The normalized spacial score (nSPS) is 11.2. The molecule has 0 bridgehead atoms. The molecule has 0 aliphatic rings. The van der Waals surface area contributed by atoms with Crippen LogP contribution in [0.15, 0.2) is 30.3 Å². The van der Waals surface area contributed by atoms with E-state index in [-0.39, 0.29) is 11.5 Å². The minimum Gasteiger partial charge on any atom is -0.267 e. The van der Waals surface area contributed by atoms with Crippen LogP contribution in [0, 0.1) is 0 Å². The number of carbonyl (C=O) groups excluding carboxylic acids is 1. The van der Waals surface area contributed by atoms with Gasteiger partial charge >= 0.3 is 0 Å². The van der Waals surface area contributed by atoms with Crippen molar-refractivity contribution in [1.82, 2.24) is 5.06 Å². The van der Waals surface area contributed by atoms with Gasteiger partial charge in [-0.3, -0.25) is 9.63 Å². The van der Waals surface area contributed by atoms with Crippen LogP contribution in [0.3, 0.4) is 0 Å². The maximum Gasteiger partial charge on any atom is 0.277 e. The van der Waals surface area contributed by atoms with Crippen LogP contribution in [0.2, 0.25) is 0 Å². The highest BCUT2D eigenvalue weighted by Crippen LogP contribution is 2.11. The fourth-order valence-corrected chi connectivity index (χ4v) is 1.21. The van der Waals surface area contributed by atoms with Gasteiger partial charge in [0.05, 0.1) is 5.60 Å². The van der Waals surface area contributed by atoms with Gasteiger partial charge < -0.3 is 0 Å². The predicted molar refractivity (Wildman–Crippen MR) is 59.4 cm³/mol. The molecule has 1 aromatic rings. The molecule has 82 valence electrons. The van der Waals surface area contributed by atoms with Gasteiger partial charge in [-0.1, -0.05) is 18.2 Å². The SMILES string of the molecule is CN(OC(C)(C)C)C(=O)c1ccccc1. The first kappa shape index (κ1) is 11.7. The monoisotopic (exact) mass is 207 g/mol. The van der Waals surface area contributed by atoms with Gasteiger partial charge in [0.15, 0.2) is 0 Å². The van der Waals surface area contributed by atoms with Gasteiger partial charge in [-0.25, -0.2) is 5.06 Å². The lowest BCUT2D eigenvalue weighted by atomic mass is 10.2. The predicted octanol–water partition coefficient (Wildman–Crippen LogP) is 2.49. The molecule has 3 heteroatoms. The smallest absolute Gasteiger partial charge is 0.267 e. The lowest BCUT2D eigenvalue weighted by Crippen LogP contribution is -2.35. The van der Waals surface area contributed by atoms with E-state index in [1.807, 2.05) is 39.0 Å². The average molecular weight is 207 g/mol. The summed E-state index contributed by atoms with van der Waals surface area (Å²) < 4.78 is 0. The van der Waals surface area contributed by atoms with Crippen LogP contribution in [-0.4, -0.2) is 23.6 Å². The second-order valence-electron chi connectivity index (χ2n) is 4.37. The van der Waals surface area contributed by atoms with Crippen molar-refractivity contribution >= 4 is 5.91 Å². The molecule has 0 aliphatic heterocycles. The van der Waals surface area contributed by atoms with Crippen molar-refractivity contribution in [3.05, 3.63) is 35.9 Å². The number of benzene rings is 1. The first-order valence-electron chi connectivity index (χ1n) is 4.92. The van der Waals surface area contributed by atoms with E-state index in [0.717, 1.165) is 0 Å². The molecule has 1 amide bonds. The zero-order valence-electron chi connectivity index (χ0n) is 9.65. The van der Waals surface area contributed by atoms with Gasteiger partial charge in [0.2, 0.25) is 0 Å². The molecule has 0 aromatic heterocycles. The van der Waals surface area contributed by atoms with Crippen LogP contribution in [0.1, 0.15) is 31.1 Å². The van der Waals surface area contributed by atoms with E-state index in [0.29, 0.717) is 5.56 Å². The maximum atomic E-state index is 11.8. The highest BCUT2D eigenvalue weighted by Gasteiger charge is 2.19. The summed E-state index contributed by atoms with van der Waals surface area (Å²) in [5, 5.41) is 1.27. The maximum absolute atomic E-state index is 11.8. The summed E-state index contributed by atoms with van der Waals surface area (Å²) in [5.74, 6) is -0.134. The third kappa shape index (κ3) is 3.72. The van der Waals surface area contributed by atoms with Crippen molar-refractivity contribution in [2.75, 3.05) is 7.05 Å². The fourth-order valence-electron chi connectivity index (χ4n) is 1.21. The second-order valence-corrected chi connectivity index (χ2v) is 4.37. The molecule has 0 spiro atoms. The number of carbonyl (C=O) groups is 1. The zero-order valence-corrected chi connectivity index (χ0v) is 9.65. The zero-order chi connectivity index (χ0) is 11.5. The molecule has 0 heterocycles. The Morgan fingerprint density at radius 1 is 1.20 bits per heavy atom. The number of amides is 1. The minimum absolute atomic E-state index is 0.134. The van der Waals surface area contributed by atoms with Crippen LogP contribution in [-0.2, 0) is 4.84 Å². The van der Waals surface area contributed by atoms with Crippen LogP contribution >= 0.6 is 0 Å². The van der Waals surface area contributed by atoms with Gasteiger partial charge in [0.25, 0.3) is 5.91 Å². The molecule has 3 nitrogen and oxygen atoms in total. The summed E-state index contributed by atoms with van der Waals surface area (Å²) in [6.45, 7) is 5.71. The summed E-state index contributed by atoms with van der Waals surface area (Å²) in [7, 11) is 1.63. The lowest BCUT2D eigenvalue weighted by molar-refractivity contribution is -0.182. The molecule has 1 aromatic carbocycles. The van der Waals surface area contributed by atoms with Gasteiger partial charge in [0.1, 0.15) is 0 Å². The minimum atomic E-state index is -0.362. The molecular formula is C12H17NO2. The van der Waals surface area contributed by atoms with Crippen LogP contribution in [0.25, 0.3) is 0 Å². The molecule has 0 unspecified atom stereocenters. The summed E-state index contributed by atoms with van der Waals surface area (Å²) in [6, 6.07) is 9.08. The fraction of sp³-hybridized carbons (Fsp3) is 0.417. The van der Waals surface area contributed by atoms with E-state index in [9.17, 15) is 4.79 Å². The lowest BCUT2D eigenvalue weighted by Gasteiger charge is -2.26. The van der Waals surface area contributed by atoms with E-state index < -0.39 is 0 Å². The van der Waals surface area contributed by atoms with Crippen molar-refractivity contribution < 1.29 is 9.63 Å². The van der Waals surface area contributed by atoms with Gasteiger partial charge in [-0.05, 0) is 32.9 Å². The summed E-state index contributed by atoms with van der Waals surface area (Å²) in [5.41, 5.74) is 0.267. The number of nitrogens with zero attached hydrogens (tertiary/aromatic N) is 1. The van der Waals surface area contributed by atoms with E-state index in [1.54, 1.807) is 19.2 Å². The van der Waals surface area contributed by atoms with Crippen molar-refractivity contribution in [3.8, 4) is 0 Å². The molecule has 0 aliphatic carbocycles. The Labute approximate surface area is 90.6 Å². The first-order valence-corrected chi connectivity index (χ1v) is 4.92. The quantitative estimate of drug-likeness (QED) is 0.697. The third-order valence-corrected chi connectivity index (χ3v) is 1.72. The second kappa shape index (κ2) is 4.45. The van der Waals surface area contributed by atoms with Crippen LogP contribution < -0.4 is 0 Å². The number of hydrogen-bond donors (Lipinski definition) is 0. The molecule has 0 atom stereocenters. The van der Waals surface area contributed by atoms with Crippen LogP contribution in [0.5, 0.6) is 0 Å². The molecule has 15 heavy (non-hydrogen) atoms. The highest BCUT2D eigenvalue weighted by atomic mass is 16.7. The Hall–Kier alpha value is -1.35. The number of hydroxylamine groups is 2. The van der Waals surface area contributed by atoms with E-state index in [4.69, 9.17) is 4.84 Å². The van der Waals surface area contributed by atoms with Gasteiger partial charge in [-0.2, -0.15) is 0 Å². The number of rotatable bonds is 2. The first-order chi connectivity index (χ1) is 6.90. The van der Waals surface area contributed by atoms with E-state index in [2.05, 4.69) is 0 Å². The van der Waals surface area contributed by atoms with Crippen molar-refractivity contribution in [2.45, 2.75) is 26.4 Å². The Morgan fingerprint density at radius 3 is 2.20 bits per heavy atom. The molecule has 0 saturated heterocycles. The van der Waals surface area contributed by atoms with Crippen molar-refractivity contribution in [1.29, 1.82) is 0 Å². The van der Waals surface area contributed by atoms with Crippen molar-refractivity contribution in [3.63, 3.8) is 0 Å². The molecule has 0 radical (unpaired) electrons. The molecule has 0 saturated carbocycles. The third-order valence-electron chi connectivity index (χ3n) is 1.72. The van der Waals surface area contributed by atoms with Gasteiger partial charge in [0, 0.05) is 12.6 Å². The summed E-state index contributed by atoms with van der Waals surface area (Å²) >= 11 is 0. The Balaban J connectivity index is 2.70. The topological polar surface area (TPSA) is 29.5 Å². The Bertz CT molecular complexity index is 327. The summed E-state index contributed by atoms with van der Waals surface area (Å²) in [6.07, 6.45) is 0. The molecule has 0 N–H and O–H groups in total. The summed E-state index contributed by atoms with van der Waals surface area (Å²) in [4.78, 5) is 17.3.